The van der Waals surface area contributed by atoms with Crippen LogP contribution in [0.2, 0.25) is 0 Å². The number of benzene rings is 1. The Morgan fingerprint density at radius 1 is 1.00 bits per heavy atom. The summed E-state index contributed by atoms with van der Waals surface area (Å²) in [5, 5.41) is 0. The van der Waals surface area contributed by atoms with Crippen LogP contribution in [0.1, 0.15) is 18.4 Å². The summed E-state index contributed by atoms with van der Waals surface area (Å²) < 4.78 is 54.0. The largest absolute Gasteiger partial charge is 0.264 e. The van der Waals surface area contributed by atoms with E-state index in [2.05, 4.69) is 9.71 Å². The molecule has 0 radical (unpaired) electrons. The molecule has 0 saturated carbocycles. The highest BCUT2D eigenvalue weighted by Crippen LogP contribution is 2.23. The molecule has 2 heterocycles. The first-order chi connectivity index (χ1) is 11.9. The number of sulfonamides is 2. The van der Waals surface area contributed by atoms with Crippen molar-refractivity contribution < 1.29 is 16.8 Å². The fraction of sp³-hybridized carbons (Fsp3) is 0.312. The third-order valence-electron chi connectivity index (χ3n) is 4.01. The molecule has 1 aromatic carbocycles. The van der Waals surface area contributed by atoms with Crippen molar-refractivity contribution in [3.05, 3.63) is 54.4 Å². The molecule has 2 aromatic rings. The minimum absolute atomic E-state index is 0.00125. The predicted octanol–water partition coefficient (Wildman–Crippen LogP) is 1.34. The fourth-order valence-corrected chi connectivity index (χ4v) is 5.35. The van der Waals surface area contributed by atoms with Crippen molar-refractivity contribution in [2.75, 3.05) is 13.1 Å². The zero-order valence-electron chi connectivity index (χ0n) is 13.5. The maximum absolute atomic E-state index is 12.6. The van der Waals surface area contributed by atoms with Crippen LogP contribution < -0.4 is 4.72 Å². The van der Waals surface area contributed by atoms with Gasteiger partial charge >= 0.3 is 0 Å². The van der Waals surface area contributed by atoms with E-state index in [0.717, 1.165) is 12.8 Å². The first-order valence-electron chi connectivity index (χ1n) is 7.88. The summed E-state index contributed by atoms with van der Waals surface area (Å²) in [6, 6.07) is 8.93. The summed E-state index contributed by atoms with van der Waals surface area (Å²) in [6.07, 6.45) is 4.81. The first-order valence-corrected chi connectivity index (χ1v) is 10.8. The minimum atomic E-state index is -3.83. The van der Waals surface area contributed by atoms with Crippen molar-refractivity contribution >= 4 is 20.0 Å². The molecule has 3 rings (SSSR count). The van der Waals surface area contributed by atoms with Gasteiger partial charge in [-0.05, 0) is 42.7 Å². The maximum Gasteiger partial charge on any atom is 0.243 e. The minimum Gasteiger partial charge on any atom is -0.264 e. The molecule has 0 atom stereocenters. The lowest BCUT2D eigenvalue weighted by atomic mass is 10.3. The topological polar surface area (TPSA) is 96.4 Å². The van der Waals surface area contributed by atoms with Crippen LogP contribution in [0.3, 0.4) is 0 Å². The second-order valence-electron chi connectivity index (χ2n) is 5.77. The van der Waals surface area contributed by atoms with E-state index in [9.17, 15) is 16.8 Å². The zero-order chi connectivity index (χ0) is 17.9. The summed E-state index contributed by atoms with van der Waals surface area (Å²) >= 11 is 0. The number of nitrogens with zero attached hydrogens (tertiary/aromatic N) is 2. The molecule has 9 heteroatoms. The molecule has 1 aromatic heterocycles. The Labute approximate surface area is 147 Å². The van der Waals surface area contributed by atoms with Gasteiger partial charge in [0.15, 0.2) is 0 Å². The number of hydrogen-bond donors (Lipinski definition) is 1. The van der Waals surface area contributed by atoms with Gasteiger partial charge in [0.1, 0.15) is 0 Å². The molecule has 0 amide bonds. The molecular weight excluding hydrogens is 362 g/mol. The number of nitrogens with one attached hydrogen (secondary N) is 1. The molecular formula is C16H19N3O4S2. The molecule has 1 N–H and O–H groups in total. The lowest BCUT2D eigenvalue weighted by Crippen LogP contribution is -2.28. The van der Waals surface area contributed by atoms with Gasteiger partial charge in [-0.3, -0.25) is 4.98 Å². The fourth-order valence-electron chi connectivity index (χ4n) is 2.64. The van der Waals surface area contributed by atoms with Gasteiger partial charge in [-0.2, -0.15) is 4.31 Å². The van der Waals surface area contributed by atoms with Crippen molar-refractivity contribution in [1.82, 2.24) is 14.0 Å². The maximum atomic E-state index is 12.6. The number of rotatable bonds is 6. The van der Waals surface area contributed by atoms with Gasteiger partial charge in [-0.15, -0.1) is 0 Å². The summed E-state index contributed by atoms with van der Waals surface area (Å²) in [5.41, 5.74) is 0.715. The van der Waals surface area contributed by atoms with Gasteiger partial charge in [0.2, 0.25) is 20.0 Å². The smallest absolute Gasteiger partial charge is 0.243 e. The molecule has 1 fully saturated rings. The van der Waals surface area contributed by atoms with Gasteiger partial charge in [0.05, 0.1) is 9.79 Å². The van der Waals surface area contributed by atoms with E-state index in [1.54, 1.807) is 24.5 Å². The van der Waals surface area contributed by atoms with Crippen molar-refractivity contribution in [2.45, 2.75) is 29.2 Å². The van der Waals surface area contributed by atoms with Crippen LogP contribution in [-0.4, -0.2) is 39.2 Å². The van der Waals surface area contributed by atoms with Crippen molar-refractivity contribution in [2.24, 2.45) is 0 Å². The standard InChI is InChI=1S/C16H19N3O4S2/c20-24(21,18-13-14-5-4-8-17-12-14)15-6-3-7-16(11-15)25(22,23)19-9-1-2-10-19/h3-8,11-12,18H,1-2,9-10,13H2. The van der Waals surface area contributed by atoms with E-state index in [4.69, 9.17) is 0 Å². The van der Waals surface area contributed by atoms with Crippen molar-refractivity contribution in [3.8, 4) is 0 Å². The normalized spacial score (nSPS) is 16.2. The van der Waals surface area contributed by atoms with Crippen molar-refractivity contribution in [3.63, 3.8) is 0 Å². The third-order valence-corrected chi connectivity index (χ3v) is 7.30. The molecule has 0 unspecified atom stereocenters. The van der Waals surface area contributed by atoms with Gasteiger partial charge in [-0.25, -0.2) is 21.6 Å². The summed E-state index contributed by atoms with van der Waals surface area (Å²) in [5.74, 6) is 0. The Morgan fingerprint density at radius 2 is 1.72 bits per heavy atom. The number of aromatic nitrogens is 1. The zero-order valence-corrected chi connectivity index (χ0v) is 15.1. The van der Waals surface area contributed by atoms with E-state index < -0.39 is 20.0 Å². The second-order valence-corrected chi connectivity index (χ2v) is 9.48. The molecule has 1 saturated heterocycles. The molecule has 134 valence electrons. The Hall–Kier alpha value is -1.81. The lowest BCUT2D eigenvalue weighted by Gasteiger charge is -2.16. The summed E-state index contributed by atoms with van der Waals surface area (Å²) in [4.78, 5) is 3.86. The molecule has 25 heavy (non-hydrogen) atoms. The Balaban J connectivity index is 1.82. The molecule has 0 aliphatic carbocycles. The van der Waals surface area contributed by atoms with Crippen LogP contribution in [0.25, 0.3) is 0 Å². The second kappa shape index (κ2) is 7.20. The third kappa shape index (κ3) is 4.06. The predicted molar refractivity (Wildman–Crippen MR) is 92.7 cm³/mol. The highest BCUT2D eigenvalue weighted by Gasteiger charge is 2.28. The van der Waals surface area contributed by atoms with Crippen LogP contribution in [0, 0.1) is 0 Å². The Morgan fingerprint density at radius 3 is 2.40 bits per heavy atom. The monoisotopic (exact) mass is 381 g/mol. The van der Waals surface area contributed by atoms with E-state index >= 15 is 0 Å². The molecule has 1 aliphatic heterocycles. The molecule has 0 bridgehead atoms. The lowest BCUT2D eigenvalue weighted by molar-refractivity contribution is 0.477. The van der Waals surface area contributed by atoms with E-state index in [1.165, 1.54) is 28.6 Å². The average molecular weight is 381 g/mol. The SMILES string of the molecule is O=S(=O)(NCc1cccnc1)c1cccc(S(=O)(=O)N2CCCC2)c1. The van der Waals surface area contributed by atoms with E-state index in [-0.39, 0.29) is 16.3 Å². The van der Waals surface area contributed by atoms with Crippen LogP contribution in [0.4, 0.5) is 0 Å². The van der Waals surface area contributed by atoms with E-state index in [1.807, 2.05) is 0 Å². The average Bonchev–Trinajstić information content (AvgIpc) is 3.17. The van der Waals surface area contributed by atoms with Crippen LogP contribution in [-0.2, 0) is 26.6 Å². The van der Waals surface area contributed by atoms with Crippen LogP contribution in [0.5, 0.6) is 0 Å². The number of pyridine rings is 1. The van der Waals surface area contributed by atoms with Crippen LogP contribution in [0.15, 0.2) is 58.6 Å². The quantitative estimate of drug-likeness (QED) is 0.815. The Bertz CT molecular complexity index is 938. The van der Waals surface area contributed by atoms with Gasteiger partial charge < -0.3 is 0 Å². The highest BCUT2D eigenvalue weighted by atomic mass is 32.2. The van der Waals surface area contributed by atoms with Gasteiger partial charge in [0.25, 0.3) is 0 Å². The Kier molecular flexibility index (Phi) is 5.19. The van der Waals surface area contributed by atoms with E-state index in [0.29, 0.717) is 18.7 Å². The van der Waals surface area contributed by atoms with Crippen molar-refractivity contribution in [1.29, 1.82) is 0 Å². The highest BCUT2D eigenvalue weighted by molar-refractivity contribution is 7.90. The molecule has 1 aliphatic rings. The van der Waals surface area contributed by atoms with Gasteiger partial charge in [0, 0.05) is 32.0 Å². The summed E-state index contributed by atoms with van der Waals surface area (Å²) in [6.45, 7) is 1.02. The van der Waals surface area contributed by atoms with Gasteiger partial charge in [-0.1, -0.05) is 12.1 Å². The number of hydrogen-bond acceptors (Lipinski definition) is 5. The molecule has 0 spiro atoms. The molecule has 7 nitrogen and oxygen atoms in total. The van der Waals surface area contributed by atoms with Crippen LogP contribution >= 0.6 is 0 Å². The summed E-state index contributed by atoms with van der Waals surface area (Å²) in [7, 11) is -7.48. The first kappa shape index (κ1) is 18.0.